The number of benzene rings is 1. The Labute approximate surface area is 129 Å². The van der Waals surface area contributed by atoms with Gasteiger partial charge in [-0.2, -0.15) is 5.10 Å². The number of nitrogens with two attached hydrogens (primary N) is 1. The first-order chi connectivity index (χ1) is 9.95. The molecule has 0 atom stereocenters. The van der Waals surface area contributed by atoms with Crippen molar-refractivity contribution in [2.75, 3.05) is 19.1 Å². The van der Waals surface area contributed by atoms with Crippen LogP contribution in [-0.2, 0) is 0 Å². The number of nitrogens with zero attached hydrogens (tertiary/aromatic N) is 3. The smallest absolute Gasteiger partial charge is 0.165 e. The molecule has 0 radical (unpaired) electrons. The van der Waals surface area contributed by atoms with E-state index in [0.717, 1.165) is 28.3 Å². The van der Waals surface area contributed by atoms with Crippen molar-refractivity contribution in [2.45, 2.75) is 13.8 Å². The minimum atomic E-state index is 0.320. The van der Waals surface area contributed by atoms with Gasteiger partial charge in [0.15, 0.2) is 5.82 Å². The maximum atomic E-state index is 5.86. The van der Waals surface area contributed by atoms with E-state index < -0.39 is 0 Å². The number of rotatable bonds is 4. The van der Waals surface area contributed by atoms with Crippen molar-refractivity contribution in [3.63, 3.8) is 0 Å². The maximum absolute atomic E-state index is 5.86. The Morgan fingerprint density at radius 3 is 2.33 bits per heavy atom. The second-order valence-electron chi connectivity index (χ2n) is 4.73. The second kappa shape index (κ2) is 6.05. The number of aryl methyl sites for hydroxylation is 1. The summed E-state index contributed by atoms with van der Waals surface area (Å²) < 4.78 is 5.16. The molecule has 0 aliphatic rings. The van der Waals surface area contributed by atoms with Crippen LogP contribution >= 0.6 is 12.2 Å². The van der Waals surface area contributed by atoms with E-state index >= 15 is 0 Å². The number of hydrogen-bond acceptors (Lipinski definition) is 5. The lowest BCUT2D eigenvalue weighted by molar-refractivity contribution is 0.415. The molecule has 0 bridgehead atoms. The van der Waals surface area contributed by atoms with E-state index in [1.54, 1.807) is 7.11 Å². The third-order valence-corrected chi connectivity index (χ3v) is 3.66. The lowest BCUT2D eigenvalue weighted by atomic mass is 10.1. The molecule has 0 spiro atoms. The molecular weight excluding hydrogens is 284 g/mol. The Morgan fingerprint density at radius 1 is 1.19 bits per heavy atom. The van der Waals surface area contributed by atoms with E-state index in [2.05, 4.69) is 10.2 Å². The van der Waals surface area contributed by atoms with E-state index in [0.29, 0.717) is 10.8 Å². The maximum Gasteiger partial charge on any atom is 0.165 e. The summed E-state index contributed by atoms with van der Waals surface area (Å²) in [5.41, 5.74) is 9.35. The van der Waals surface area contributed by atoms with Gasteiger partial charge in [0, 0.05) is 12.7 Å². The molecule has 2 N–H and O–H groups in total. The fourth-order valence-electron chi connectivity index (χ4n) is 2.05. The average Bonchev–Trinajstić information content (AvgIpc) is 2.48. The summed E-state index contributed by atoms with van der Waals surface area (Å²) in [6, 6.07) is 7.67. The minimum absolute atomic E-state index is 0.320. The molecule has 2 rings (SSSR count). The molecule has 0 aliphatic heterocycles. The molecule has 21 heavy (non-hydrogen) atoms. The van der Waals surface area contributed by atoms with Gasteiger partial charge in [0.05, 0.1) is 18.4 Å². The third kappa shape index (κ3) is 2.95. The van der Waals surface area contributed by atoms with Gasteiger partial charge >= 0.3 is 0 Å². The normalized spacial score (nSPS) is 10.3. The molecule has 110 valence electrons. The number of ether oxygens (including phenoxy) is 1. The number of hydrogen-bond donors (Lipinski definition) is 1. The van der Waals surface area contributed by atoms with Crippen molar-refractivity contribution >= 4 is 28.7 Å². The molecule has 2 aromatic rings. The Bertz CT molecular complexity index is 670. The van der Waals surface area contributed by atoms with Gasteiger partial charge < -0.3 is 15.4 Å². The quantitative estimate of drug-likeness (QED) is 0.876. The van der Waals surface area contributed by atoms with Crippen molar-refractivity contribution in [1.29, 1.82) is 0 Å². The Kier molecular flexibility index (Phi) is 4.37. The van der Waals surface area contributed by atoms with Crippen LogP contribution in [0.25, 0.3) is 0 Å². The van der Waals surface area contributed by atoms with Gasteiger partial charge in [-0.1, -0.05) is 12.2 Å². The standard InChI is InChI=1S/C15H18N4OS/c1-9-10(2)17-18-15(13(9)14(16)21)19(3)11-5-7-12(20-4)8-6-11/h5-8H,1-4H3,(H2,16,21). The number of aromatic nitrogens is 2. The topological polar surface area (TPSA) is 64.3 Å². The van der Waals surface area contributed by atoms with Crippen LogP contribution in [0, 0.1) is 13.8 Å². The Hall–Kier alpha value is -2.21. The molecule has 0 amide bonds. The second-order valence-corrected chi connectivity index (χ2v) is 5.17. The van der Waals surface area contributed by atoms with Gasteiger partial charge in [-0.05, 0) is 43.7 Å². The summed E-state index contributed by atoms with van der Waals surface area (Å²) in [5.74, 6) is 1.45. The summed E-state index contributed by atoms with van der Waals surface area (Å²) >= 11 is 5.17. The minimum Gasteiger partial charge on any atom is -0.497 e. The lowest BCUT2D eigenvalue weighted by Crippen LogP contribution is -2.22. The highest BCUT2D eigenvalue weighted by molar-refractivity contribution is 7.80. The van der Waals surface area contributed by atoms with Crippen molar-refractivity contribution in [2.24, 2.45) is 5.73 Å². The molecule has 1 aromatic heterocycles. The largest absolute Gasteiger partial charge is 0.497 e. The number of methoxy groups -OCH3 is 1. The first-order valence-electron chi connectivity index (χ1n) is 6.47. The molecule has 0 saturated carbocycles. The Morgan fingerprint density at radius 2 is 1.81 bits per heavy atom. The van der Waals surface area contributed by atoms with Crippen molar-refractivity contribution in [1.82, 2.24) is 10.2 Å². The van der Waals surface area contributed by atoms with Gasteiger partial charge in [-0.25, -0.2) is 0 Å². The van der Waals surface area contributed by atoms with Crippen LogP contribution in [0.4, 0.5) is 11.5 Å². The van der Waals surface area contributed by atoms with Crippen LogP contribution in [0.3, 0.4) is 0 Å². The number of anilines is 2. The van der Waals surface area contributed by atoms with Crippen molar-refractivity contribution < 1.29 is 4.74 Å². The van der Waals surface area contributed by atoms with Gasteiger partial charge in [-0.3, -0.25) is 0 Å². The molecule has 0 unspecified atom stereocenters. The highest BCUT2D eigenvalue weighted by Gasteiger charge is 2.17. The predicted molar refractivity (Wildman–Crippen MR) is 88.5 cm³/mol. The zero-order valence-electron chi connectivity index (χ0n) is 12.5. The predicted octanol–water partition coefficient (Wildman–Crippen LogP) is 2.50. The highest BCUT2D eigenvalue weighted by Crippen LogP contribution is 2.28. The van der Waals surface area contributed by atoms with E-state index in [1.807, 2.05) is 50.1 Å². The van der Waals surface area contributed by atoms with Crippen LogP contribution < -0.4 is 15.4 Å². The van der Waals surface area contributed by atoms with Crippen LogP contribution in [0.15, 0.2) is 24.3 Å². The first-order valence-corrected chi connectivity index (χ1v) is 6.88. The lowest BCUT2D eigenvalue weighted by Gasteiger charge is -2.22. The van der Waals surface area contributed by atoms with Crippen molar-refractivity contribution in [3.05, 3.63) is 41.1 Å². The third-order valence-electron chi connectivity index (χ3n) is 3.46. The molecular formula is C15H18N4OS. The van der Waals surface area contributed by atoms with Crippen LogP contribution in [0.1, 0.15) is 16.8 Å². The fourth-order valence-corrected chi connectivity index (χ4v) is 2.30. The van der Waals surface area contributed by atoms with Gasteiger partial charge in [0.25, 0.3) is 0 Å². The molecule has 1 heterocycles. The van der Waals surface area contributed by atoms with E-state index in [1.165, 1.54) is 0 Å². The zero-order valence-corrected chi connectivity index (χ0v) is 13.4. The Balaban J connectivity index is 2.49. The molecule has 0 fully saturated rings. The van der Waals surface area contributed by atoms with E-state index in [9.17, 15) is 0 Å². The summed E-state index contributed by atoms with van der Waals surface area (Å²) in [7, 11) is 3.54. The van der Waals surface area contributed by atoms with E-state index in [-0.39, 0.29) is 0 Å². The number of thiocarbonyl (C=S) groups is 1. The zero-order chi connectivity index (χ0) is 15.6. The van der Waals surface area contributed by atoms with Gasteiger partial charge in [-0.15, -0.1) is 5.10 Å². The highest BCUT2D eigenvalue weighted by atomic mass is 32.1. The van der Waals surface area contributed by atoms with Crippen LogP contribution in [0.5, 0.6) is 5.75 Å². The van der Waals surface area contributed by atoms with Gasteiger partial charge in [0.2, 0.25) is 0 Å². The summed E-state index contributed by atoms with van der Waals surface area (Å²) in [5, 5.41) is 8.43. The summed E-state index contributed by atoms with van der Waals surface area (Å²) in [6.07, 6.45) is 0. The van der Waals surface area contributed by atoms with Crippen molar-refractivity contribution in [3.8, 4) is 5.75 Å². The summed E-state index contributed by atoms with van der Waals surface area (Å²) in [6.45, 7) is 3.84. The molecule has 1 aromatic carbocycles. The molecule has 6 heteroatoms. The molecule has 0 saturated heterocycles. The first kappa shape index (κ1) is 15.2. The molecule has 5 nitrogen and oxygen atoms in total. The van der Waals surface area contributed by atoms with Crippen LogP contribution in [0.2, 0.25) is 0 Å². The van der Waals surface area contributed by atoms with Crippen LogP contribution in [-0.4, -0.2) is 29.3 Å². The SMILES string of the molecule is COc1ccc(N(C)c2nnc(C)c(C)c2C(N)=S)cc1. The molecule has 0 aliphatic carbocycles. The monoisotopic (exact) mass is 302 g/mol. The van der Waals surface area contributed by atoms with E-state index in [4.69, 9.17) is 22.7 Å². The average molecular weight is 302 g/mol. The fraction of sp³-hybridized carbons (Fsp3) is 0.267. The summed E-state index contributed by atoms with van der Waals surface area (Å²) in [4.78, 5) is 2.23. The van der Waals surface area contributed by atoms with Gasteiger partial charge in [0.1, 0.15) is 10.7 Å².